The third kappa shape index (κ3) is 5.34. The molecule has 10 nitrogen and oxygen atoms in total. The Labute approximate surface area is 295 Å². The number of Topliss-reactive ketones (excluding diaryl/α,β-unsaturated/α-hetero) is 1. The molecule has 50 heavy (non-hydrogen) atoms. The maximum Gasteiger partial charge on any atom is 0.307 e. The average molecular weight is 708 g/mol. The molecule has 5 atom stereocenters. The Bertz CT molecular complexity index is 1860. The largest absolute Gasteiger partial charge is 0.460 e. The van der Waals surface area contributed by atoms with Crippen molar-refractivity contribution in [3.05, 3.63) is 30.5 Å². The molecule has 0 unspecified atom stereocenters. The SMILES string of the molecule is CC(C)[C@H](CC(=O)OC(C)(C)C)C(=O)N1C[C@]2(C[C@H]1C(=O)C[C@]1(C(=O)NS(=O)(=O)c3cccc4cc[nH]c34)C[C@H]1C1CC1)C(C)(C)C21CCC1. The molecular formula is C39H53N3O7S. The number of ketones is 1. The summed E-state index contributed by atoms with van der Waals surface area (Å²) in [5.74, 6) is -2.09. The predicted octanol–water partition coefficient (Wildman–Crippen LogP) is 6.15. The molecule has 2 N–H and O–H groups in total. The molecule has 2 amide bonds. The number of likely N-dealkylation sites (tertiary alicyclic amines) is 1. The number of sulfonamides is 1. The fourth-order valence-corrected chi connectivity index (χ4v) is 11.7. The van der Waals surface area contributed by atoms with Crippen LogP contribution in [-0.4, -0.2) is 60.1 Å². The number of carbonyl (C=O) groups is 4. The van der Waals surface area contributed by atoms with Gasteiger partial charge in [-0.2, -0.15) is 0 Å². The third-order valence-electron chi connectivity index (χ3n) is 13.7. The van der Waals surface area contributed by atoms with Crippen LogP contribution >= 0.6 is 0 Å². The Balaban J connectivity index is 1.17. The number of fused-ring (bicyclic) bond motifs is 2. The van der Waals surface area contributed by atoms with Crippen molar-refractivity contribution in [1.82, 2.24) is 14.6 Å². The molecule has 4 saturated carbocycles. The second-order valence-electron chi connectivity index (χ2n) is 18.0. The number of hydrogen-bond acceptors (Lipinski definition) is 7. The van der Waals surface area contributed by atoms with Gasteiger partial charge >= 0.3 is 5.97 Å². The van der Waals surface area contributed by atoms with E-state index in [2.05, 4.69) is 23.6 Å². The minimum absolute atomic E-state index is 0.0144. The van der Waals surface area contributed by atoms with E-state index in [1.807, 2.05) is 13.8 Å². The standard InChI is InChI=1S/C39H53N3O7S/c1-23(2)26(18-31(44)49-35(3,4)5)33(45)42-22-39(36(6,7)38(39)15-9-16-38)20-28(42)29(43)21-37(19-27(37)24-12-13-24)34(46)41-50(47,48)30-11-8-10-25-14-17-40-32(25)30/h8,10-11,14,17,23-24,26-28,40H,9,12-13,15-16,18-22H2,1-7H3,(H,41,46)/t26-,27-,28-,37+,39+/m0/s1. The number of benzene rings is 1. The Morgan fingerprint density at radius 1 is 1.04 bits per heavy atom. The third-order valence-corrected chi connectivity index (χ3v) is 15.1. The van der Waals surface area contributed by atoms with Gasteiger partial charge in [0.25, 0.3) is 10.0 Å². The molecule has 2 heterocycles. The average Bonchev–Trinajstić information content (AvgIpc) is 3.91. The quantitative estimate of drug-likeness (QED) is 0.267. The number of para-hydroxylation sites is 1. The van der Waals surface area contributed by atoms with Crippen LogP contribution in [0.3, 0.4) is 0 Å². The second-order valence-corrected chi connectivity index (χ2v) is 19.7. The van der Waals surface area contributed by atoms with Crippen molar-refractivity contribution in [3.8, 4) is 0 Å². The van der Waals surface area contributed by atoms with Crippen LogP contribution in [0.1, 0.15) is 106 Å². The first-order chi connectivity index (χ1) is 23.3. The summed E-state index contributed by atoms with van der Waals surface area (Å²) in [6, 6.07) is 5.94. The van der Waals surface area contributed by atoms with E-state index in [1.165, 1.54) is 6.07 Å². The Kier molecular flexibility index (Phi) is 8.02. The summed E-state index contributed by atoms with van der Waals surface area (Å²) in [4.78, 5) is 61.1. The van der Waals surface area contributed by atoms with Crippen LogP contribution in [0, 0.1) is 45.3 Å². The molecule has 7 rings (SSSR count). The molecule has 272 valence electrons. The Morgan fingerprint density at radius 3 is 2.32 bits per heavy atom. The molecule has 5 fully saturated rings. The number of nitrogens with one attached hydrogen (secondary N) is 2. The van der Waals surface area contributed by atoms with E-state index in [4.69, 9.17) is 4.74 Å². The molecule has 2 aromatic rings. The summed E-state index contributed by atoms with van der Waals surface area (Å²) in [5, 5.41) is 0.714. The highest BCUT2D eigenvalue weighted by atomic mass is 32.2. The minimum Gasteiger partial charge on any atom is -0.460 e. The predicted molar refractivity (Wildman–Crippen MR) is 188 cm³/mol. The number of carbonyl (C=O) groups excluding carboxylic acids is 4. The highest BCUT2D eigenvalue weighted by Gasteiger charge is 2.85. The fraction of sp³-hybridized carbons (Fsp3) is 0.692. The van der Waals surface area contributed by atoms with Gasteiger partial charge < -0.3 is 14.6 Å². The van der Waals surface area contributed by atoms with Crippen molar-refractivity contribution in [2.24, 2.45) is 45.3 Å². The van der Waals surface area contributed by atoms with Crippen molar-refractivity contribution >= 4 is 44.5 Å². The summed E-state index contributed by atoms with van der Waals surface area (Å²) >= 11 is 0. The zero-order valence-corrected chi connectivity index (χ0v) is 31.4. The molecule has 1 saturated heterocycles. The molecule has 5 aliphatic rings. The van der Waals surface area contributed by atoms with Crippen molar-refractivity contribution < 1.29 is 32.3 Å². The molecule has 1 aromatic heterocycles. The first-order valence-corrected chi connectivity index (χ1v) is 20.0. The van der Waals surface area contributed by atoms with Crippen molar-refractivity contribution in [3.63, 3.8) is 0 Å². The molecule has 0 radical (unpaired) electrons. The number of aromatic nitrogens is 1. The number of aromatic amines is 1. The zero-order chi connectivity index (χ0) is 36.2. The smallest absolute Gasteiger partial charge is 0.307 e. The van der Waals surface area contributed by atoms with Gasteiger partial charge in [-0.25, -0.2) is 13.1 Å². The van der Waals surface area contributed by atoms with E-state index < -0.39 is 44.9 Å². The van der Waals surface area contributed by atoms with Crippen LogP contribution in [-0.2, 0) is 33.9 Å². The van der Waals surface area contributed by atoms with Gasteiger partial charge in [-0.05, 0) is 100 Å². The molecule has 0 bridgehead atoms. The van der Waals surface area contributed by atoms with Crippen LogP contribution in [0.15, 0.2) is 35.4 Å². The van der Waals surface area contributed by atoms with E-state index >= 15 is 0 Å². The monoisotopic (exact) mass is 707 g/mol. The van der Waals surface area contributed by atoms with Crippen molar-refractivity contribution in [2.45, 2.75) is 123 Å². The van der Waals surface area contributed by atoms with Crippen molar-refractivity contribution in [1.29, 1.82) is 0 Å². The lowest BCUT2D eigenvalue weighted by atomic mass is 9.73. The number of esters is 1. The van der Waals surface area contributed by atoms with Gasteiger partial charge in [-0.3, -0.25) is 19.2 Å². The molecule has 1 aromatic carbocycles. The minimum atomic E-state index is -4.24. The van der Waals surface area contributed by atoms with Crippen LogP contribution in [0.2, 0.25) is 0 Å². The molecular weight excluding hydrogens is 655 g/mol. The van der Waals surface area contributed by atoms with Gasteiger partial charge in [-0.15, -0.1) is 0 Å². The van der Waals surface area contributed by atoms with Gasteiger partial charge in [0.1, 0.15) is 10.5 Å². The number of ether oxygens (including phenoxy) is 1. The maximum absolute atomic E-state index is 14.7. The van der Waals surface area contributed by atoms with Crippen molar-refractivity contribution in [2.75, 3.05) is 6.54 Å². The lowest BCUT2D eigenvalue weighted by Gasteiger charge is -2.32. The Hall–Kier alpha value is -3.21. The number of nitrogens with zero attached hydrogens (tertiary/aromatic N) is 1. The van der Waals surface area contributed by atoms with Gasteiger partial charge in [0.15, 0.2) is 5.78 Å². The topological polar surface area (TPSA) is 143 Å². The fourth-order valence-electron chi connectivity index (χ4n) is 10.5. The number of rotatable bonds is 11. The zero-order valence-electron chi connectivity index (χ0n) is 30.6. The first-order valence-electron chi connectivity index (χ1n) is 18.5. The molecule has 1 aliphatic heterocycles. The van der Waals surface area contributed by atoms with Gasteiger partial charge in [0.05, 0.1) is 29.3 Å². The van der Waals surface area contributed by atoms with Crippen LogP contribution in [0.5, 0.6) is 0 Å². The summed E-state index contributed by atoms with van der Waals surface area (Å²) in [6.45, 7) is 14.2. The second kappa shape index (κ2) is 11.4. The van der Waals surface area contributed by atoms with E-state index in [0.717, 1.165) is 32.1 Å². The first kappa shape index (κ1) is 35.2. The highest BCUT2D eigenvalue weighted by molar-refractivity contribution is 7.90. The van der Waals surface area contributed by atoms with Crippen LogP contribution in [0.4, 0.5) is 0 Å². The Morgan fingerprint density at radius 2 is 1.74 bits per heavy atom. The lowest BCUT2D eigenvalue weighted by molar-refractivity contribution is -0.159. The number of H-pyrrole nitrogens is 1. The van der Waals surface area contributed by atoms with Gasteiger partial charge in [0, 0.05) is 30.0 Å². The molecule has 2 spiro atoms. The number of amides is 2. The highest BCUT2D eigenvalue weighted by Crippen LogP contribution is 2.88. The van der Waals surface area contributed by atoms with Crippen LogP contribution in [0.25, 0.3) is 10.9 Å². The van der Waals surface area contributed by atoms with Gasteiger partial charge in [-0.1, -0.05) is 46.2 Å². The lowest BCUT2D eigenvalue weighted by Crippen LogP contribution is -2.47. The van der Waals surface area contributed by atoms with Gasteiger partial charge in [0.2, 0.25) is 11.8 Å². The normalized spacial score (nSPS) is 30.0. The van der Waals surface area contributed by atoms with Crippen LogP contribution < -0.4 is 4.72 Å². The number of hydrogen-bond donors (Lipinski definition) is 2. The molecule has 11 heteroatoms. The van der Waals surface area contributed by atoms with E-state index in [-0.39, 0.29) is 63.4 Å². The summed E-state index contributed by atoms with van der Waals surface area (Å²) < 4.78 is 35.3. The summed E-state index contributed by atoms with van der Waals surface area (Å²) in [7, 11) is -4.24. The molecule has 4 aliphatic carbocycles. The van der Waals surface area contributed by atoms with E-state index in [0.29, 0.717) is 30.3 Å². The van der Waals surface area contributed by atoms with E-state index in [9.17, 15) is 27.6 Å². The summed E-state index contributed by atoms with van der Waals surface area (Å²) in [6.07, 6.45) is 7.62. The van der Waals surface area contributed by atoms with E-state index in [1.54, 1.807) is 50.1 Å². The summed E-state index contributed by atoms with van der Waals surface area (Å²) in [5.41, 5.74) is -1.60. The maximum atomic E-state index is 14.7.